The summed E-state index contributed by atoms with van der Waals surface area (Å²) in [5.41, 5.74) is 21.3. The molecule has 3 aromatic heterocycles. The Morgan fingerprint density at radius 3 is 1.89 bits per heavy atom. The average Bonchev–Trinajstić information content (AvgIpc) is 2.60. The van der Waals surface area contributed by atoms with Crippen molar-refractivity contribution in [3.8, 4) is 95.5 Å². The number of hydrogen-bond acceptors (Lipinski definition) is 2. The van der Waals surface area contributed by atoms with E-state index in [0.717, 1.165) is 148 Å². The van der Waals surface area contributed by atoms with Crippen molar-refractivity contribution < 1.29 is 31.7 Å². The Labute approximate surface area is 508 Å². The van der Waals surface area contributed by atoms with Crippen molar-refractivity contribution in [2.45, 2.75) is 71.6 Å². The van der Waals surface area contributed by atoms with Crippen molar-refractivity contribution in [3.63, 3.8) is 0 Å². The minimum Gasteiger partial charge on any atom is -0.510 e. The molecule has 1 aliphatic carbocycles. The van der Waals surface area contributed by atoms with Crippen molar-refractivity contribution in [1.82, 2.24) is 14.1 Å². The molecule has 13 aromatic rings. The van der Waals surface area contributed by atoms with Crippen LogP contribution in [-0.2, 0) is 26.5 Å². The molecule has 412 valence electrons. The number of fused-ring (bicyclic) bond motifs is 10. The average molecular weight is 1270 g/mol. The van der Waals surface area contributed by atoms with Crippen LogP contribution in [0.1, 0.15) is 78.7 Å². The van der Waals surface area contributed by atoms with E-state index in [1.165, 1.54) is 5.56 Å². The summed E-state index contributed by atoms with van der Waals surface area (Å²) in [5.74, 6) is 1.14. The number of aromatic nitrogens is 4. The number of benzene rings is 10. The molecule has 0 atom stereocenters. The molecule has 1 aliphatic heterocycles. The van der Waals surface area contributed by atoms with Crippen molar-refractivity contribution >= 4 is 32.8 Å². The second-order valence-electron chi connectivity index (χ2n) is 24.3. The van der Waals surface area contributed by atoms with Crippen molar-refractivity contribution in [2.75, 3.05) is 0 Å². The third kappa shape index (κ3) is 9.31. The van der Waals surface area contributed by atoms with Gasteiger partial charge in [-0.3, -0.25) is 4.57 Å². The van der Waals surface area contributed by atoms with Gasteiger partial charge < -0.3 is 13.9 Å². The molecular weight excluding hydrogens is 1200 g/mol. The van der Waals surface area contributed by atoms with Crippen LogP contribution in [0.15, 0.2) is 231 Å². The first-order chi connectivity index (χ1) is 40.9. The molecule has 0 spiro atoms. The molecule has 0 bridgehead atoms. The maximum absolute atomic E-state index is 10.6. The summed E-state index contributed by atoms with van der Waals surface area (Å²) in [7, 11) is 0. The first-order valence-corrected chi connectivity index (χ1v) is 29.1. The van der Waals surface area contributed by atoms with E-state index in [2.05, 4.69) is 273 Å². The van der Waals surface area contributed by atoms with Gasteiger partial charge in [-0.15, -0.1) is 29.7 Å². The minimum absolute atomic E-state index is 0. The molecule has 10 aromatic carbocycles. The number of pyridine rings is 1. The van der Waals surface area contributed by atoms with Gasteiger partial charge in [0.2, 0.25) is 0 Å². The summed E-state index contributed by atoms with van der Waals surface area (Å²) in [5, 5.41) is 2.19. The summed E-state index contributed by atoms with van der Waals surface area (Å²) in [6.07, 6.45) is 9.46. The Bertz CT molecular complexity index is 4670. The van der Waals surface area contributed by atoms with Gasteiger partial charge in [0.1, 0.15) is 5.82 Å². The summed E-state index contributed by atoms with van der Waals surface area (Å²) < 4.78 is 24.1. The summed E-state index contributed by atoms with van der Waals surface area (Å²) >= 11 is 0. The molecule has 0 saturated heterocycles. The normalized spacial score (nSPS) is 14.3. The number of nitrogens with zero attached hydrogens (tertiary/aromatic N) is 4. The van der Waals surface area contributed by atoms with Crippen molar-refractivity contribution in [1.29, 1.82) is 0 Å². The van der Waals surface area contributed by atoms with Crippen LogP contribution in [0.4, 0.5) is 0 Å². The number of ether oxygens (including phenoxy) is 1. The first-order valence-electron chi connectivity index (χ1n) is 29.6. The van der Waals surface area contributed by atoms with Gasteiger partial charge in [-0.1, -0.05) is 198 Å². The second kappa shape index (κ2) is 21.1. The van der Waals surface area contributed by atoms with E-state index in [-0.39, 0.29) is 31.9 Å². The van der Waals surface area contributed by atoms with Crippen LogP contribution in [0, 0.1) is 23.9 Å². The van der Waals surface area contributed by atoms with E-state index in [9.17, 15) is 1.37 Å². The third-order valence-electron chi connectivity index (χ3n) is 17.4. The smallest absolute Gasteiger partial charge is 0.268 e. The minimum atomic E-state index is -0.810. The molecule has 1 fully saturated rings. The maximum atomic E-state index is 10.6. The monoisotopic (exact) mass is 1270 g/mol. The SMILES string of the molecule is [2H]C1(c2cccc3c2-c2cccc(-c4cc(-c5ccccc5)cc(-c5ccccc5)c4)c2-[n+]2[c-]n(-c4[c-]c(Oc5[c-]c6c(cc5)c5ccccc5n6-c5cc(C(C)(C)C)ccn5)ccc4)c4cccc(c42)-c2ccccc2-3)CCC(C)(C)CC1.[Pt]. The largest absolute Gasteiger partial charge is 0.510 e. The van der Waals surface area contributed by atoms with Gasteiger partial charge >= 0.3 is 0 Å². The van der Waals surface area contributed by atoms with Crippen LogP contribution in [0.5, 0.6) is 11.5 Å². The van der Waals surface area contributed by atoms with Gasteiger partial charge in [0.25, 0.3) is 6.33 Å². The van der Waals surface area contributed by atoms with Gasteiger partial charge in [0, 0.05) is 45.6 Å². The number of imidazole rings is 1. The molecule has 1 saturated carbocycles. The van der Waals surface area contributed by atoms with Crippen LogP contribution in [0.2, 0.25) is 0 Å². The van der Waals surface area contributed by atoms with Crippen LogP contribution in [-0.4, -0.2) is 14.1 Å². The van der Waals surface area contributed by atoms with Crippen LogP contribution in [0.25, 0.3) is 117 Å². The Balaban J connectivity index is 0.00000640. The molecule has 0 unspecified atom stereocenters. The molecule has 5 nitrogen and oxygen atoms in total. The van der Waals surface area contributed by atoms with Crippen molar-refractivity contribution in [3.05, 3.63) is 260 Å². The fourth-order valence-corrected chi connectivity index (χ4v) is 13.0. The fourth-order valence-electron chi connectivity index (χ4n) is 13.0. The molecule has 4 heterocycles. The fraction of sp³-hybridized carbons (Fsp3) is 0.154. The Hall–Kier alpha value is -8.89. The van der Waals surface area contributed by atoms with Gasteiger partial charge in [-0.05, 0) is 168 Å². The van der Waals surface area contributed by atoms with E-state index in [1.54, 1.807) is 0 Å². The number of rotatable bonds is 8. The molecular formula is C78H62N4OPt-2. The Morgan fingerprint density at radius 2 is 1.14 bits per heavy atom. The van der Waals surface area contributed by atoms with Crippen LogP contribution >= 0.6 is 0 Å². The molecule has 0 N–H and O–H groups in total. The Kier molecular flexibility index (Phi) is 13.0. The number of hydrogen-bond donors (Lipinski definition) is 0. The van der Waals surface area contributed by atoms with Crippen LogP contribution in [0.3, 0.4) is 0 Å². The van der Waals surface area contributed by atoms with Gasteiger partial charge in [-0.25, -0.2) is 4.98 Å². The van der Waals surface area contributed by atoms with E-state index in [0.29, 0.717) is 11.5 Å². The first kappa shape index (κ1) is 51.9. The second-order valence-corrected chi connectivity index (χ2v) is 24.3. The maximum Gasteiger partial charge on any atom is 0.268 e. The van der Waals surface area contributed by atoms with Crippen LogP contribution < -0.4 is 9.30 Å². The molecule has 0 amide bonds. The standard InChI is InChI=1S/C78H62N4O.Pt/c1-77(2,3)57-40-43-79-73(47-57)82-70-34-15-14-28-65(70)66-37-36-60(49-72(66)82)83-59-25-16-24-58(48-59)80-50-81-75-62(56-45-54(51-20-8-6-9-21-51)44-55(46-56)52-22-10-7-11-23-52)30-18-33-69(75)74-61(53-38-41-78(4,5)42-39-53)29-17-31-67(74)63-26-12-13-27-64(63)68-32-19-35-71(80)76(68)81;/h6-37,40,43-47,53H,38-39,41-42H2,1-5H3;/q-2;/i53D;. The zero-order valence-corrected chi connectivity index (χ0v) is 50.1. The third-order valence-corrected chi connectivity index (χ3v) is 17.4. The summed E-state index contributed by atoms with van der Waals surface area (Å²) in [6.45, 7) is 11.4. The quantitative estimate of drug-likeness (QED) is 0.112. The predicted molar refractivity (Wildman–Crippen MR) is 340 cm³/mol. The van der Waals surface area contributed by atoms with E-state index in [1.807, 2.05) is 24.4 Å². The molecule has 6 heteroatoms. The molecule has 2 aliphatic rings. The predicted octanol–water partition coefficient (Wildman–Crippen LogP) is 19.9. The summed E-state index contributed by atoms with van der Waals surface area (Å²) in [6, 6.07) is 87.8. The topological polar surface area (TPSA) is 35.9 Å². The van der Waals surface area contributed by atoms with Gasteiger partial charge in [0.05, 0.1) is 16.7 Å². The molecule has 0 radical (unpaired) electrons. The molecule has 15 rings (SSSR count). The molecule has 84 heavy (non-hydrogen) atoms. The van der Waals surface area contributed by atoms with E-state index >= 15 is 0 Å². The zero-order chi connectivity index (χ0) is 56.9. The number of para-hydroxylation sites is 3. The Morgan fingerprint density at radius 1 is 0.548 bits per heavy atom. The van der Waals surface area contributed by atoms with Crippen molar-refractivity contribution in [2.24, 2.45) is 5.41 Å². The van der Waals surface area contributed by atoms with E-state index < -0.39 is 5.89 Å². The van der Waals surface area contributed by atoms with Gasteiger partial charge in [-0.2, -0.15) is 18.2 Å². The summed E-state index contributed by atoms with van der Waals surface area (Å²) in [4.78, 5) is 4.92. The van der Waals surface area contributed by atoms with E-state index in [4.69, 9.17) is 9.72 Å². The zero-order valence-electron chi connectivity index (χ0n) is 48.8. The van der Waals surface area contributed by atoms with Gasteiger partial charge in [0.15, 0.2) is 0 Å².